The van der Waals surface area contributed by atoms with Crippen molar-refractivity contribution in [1.82, 2.24) is 10.2 Å². The molecule has 0 radical (unpaired) electrons. The van der Waals surface area contributed by atoms with Gasteiger partial charge in [0.15, 0.2) is 0 Å². The predicted molar refractivity (Wildman–Crippen MR) is 81.1 cm³/mol. The molecular weight excluding hydrogens is 309 g/mol. The van der Waals surface area contributed by atoms with Gasteiger partial charge in [0.05, 0.1) is 6.61 Å². The molecule has 23 heavy (non-hydrogen) atoms. The fourth-order valence-corrected chi connectivity index (χ4v) is 2.83. The van der Waals surface area contributed by atoms with Crippen LogP contribution in [0.4, 0.5) is 13.2 Å². The molecule has 1 aromatic rings. The molecule has 0 unspecified atom stereocenters. The Hall–Kier alpha value is -1.31. The molecule has 0 atom stereocenters. The average molecular weight is 332 g/mol. The number of aliphatic hydroxyl groups is 1. The molecule has 1 aromatic carbocycles. The van der Waals surface area contributed by atoms with Gasteiger partial charge in [-0.15, -0.1) is 13.2 Å². The minimum atomic E-state index is -4.66. The summed E-state index contributed by atoms with van der Waals surface area (Å²) in [6.45, 7) is 4.26. The number of ether oxygens (including phenoxy) is 1. The zero-order valence-electron chi connectivity index (χ0n) is 13.0. The highest BCUT2D eigenvalue weighted by Crippen LogP contribution is 2.23. The van der Waals surface area contributed by atoms with Gasteiger partial charge in [-0.2, -0.15) is 0 Å². The molecule has 130 valence electrons. The van der Waals surface area contributed by atoms with E-state index >= 15 is 0 Å². The van der Waals surface area contributed by atoms with Crippen molar-refractivity contribution >= 4 is 0 Å². The second-order valence-electron chi connectivity index (χ2n) is 5.83. The first-order chi connectivity index (χ1) is 11.0. The lowest BCUT2D eigenvalue weighted by Gasteiger charge is -2.31. The van der Waals surface area contributed by atoms with Crippen LogP contribution in [-0.2, 0) is 6.54 Å². The van der Waals surface area contributed by atoms with Gasteiger partial charge in [0.1, 0.15) is 5.75 Å². The Kier molecular flexibility index (Phi) is 6.68. The van der Waals surface area contributed by atoms with Crippen molar-refractivity contribution in [2.24, 2.45) is 5.92 Å². The number of hydrogen-bond acceptors (Lipinski definition) is 4. The van der Waals surface area contributed by atoms with E-state index in [1.165, 1.54) is 12.1 Å². The Morgan fingerprint density at radius 3 is 2.65 bits per heavy atom. The van der Waals surface area contributed by atoms with Crippen molar-refractivity contribution in [2.75, 3.05) is 32.8 Å². The molecule has 2 rings (SSSR count). The van der Waals surface area contributed by atoms with E-state index in [9.17, 15) is 13.2 Å². The molecular formula is C16H23F3N2O2. The van der Waals surface area contributed by atoms with Crippen LogP contribution in [0.25, 0.3) is 0 Å². The van der Waals surface area contributed by atoms with Crippen LogP contribution in [0, 0.1) is 5.92 Å². The van der Waals surface area contributed by atoms with Crippen LogP contribution in [0.5, 0.6) is 5.75 Å². The van der Waals surface area contributed by atoms with Crippen LogP contribution in [0.1, 0.15) is 18.4 Å². The average Bonchev–Trinajstić information content (AvgIpc) is 2.48. The number of hydrogen-bond donors (Lipinski definition) is 2. The van der Waals surface area contributed by atoms with Crippen LogP contribution in [0.15, 0.2) is 24.3 Å². The van der Waals surface area contributed by atoms with Gasteiger partial charge in [0.25, 0.3) is 0 Å². The summed E-state index contributed by atoms with van der Waals surface area (Å²) in [5.74, 6) is 0.383. The van der Waals surface area contributed by atoms with Crippen molar-refractivity contribution in [3.63, 3.8) is 0 Å². The molecule has 0 aliphatic carbocycles. The topological polar surface area (TPSA) is 44.7 Å². The van der Waals surface area contributed by atoms with E-state index in [0.717, 1.165) is 44.6 Å². The highest BCUT2D eigenvalue weighted by molar-refractivity contribution is 5.28. The number of piperidine rings is 1. The number of alkyl halides is 3. The normalized spacial score (nSPS) is 17.4. The largest absolute Gasteiger partial charge is 0.573 e. The number of benzene rings is 1. The molecule has 0 aromatic heterocycles. The molecule has 0 amide bonds. The lowest BCUT2D eigenvalue weighted by atomic mass is 9.97. The van der Waals surface area contributed by atoms with Crippen molar-refractivity contribution in [1.29, 1.82) is 0 Å². The fraction of sp³-hybridized carbons (Fsp3) is 0.625. The Labute approximate surface area is 134 Å². The van der Waals surface area contributed by atoms with Crippen molar-refractivity contribution in [3.05, 3.63) is 29.8 Å². The van der Waals surface area contributed by atoms with Crippen LogP contribution in [-0.4, -0.2) is 49.2 Å². The summed E-state index contributed by atoms with van der Waals surface area (Å²) < 4.78 is 40.5. The van der Waals surface area contributed by atoms with E-state index in [0.29, 0.717) is 12.5 Å². The third-order valence-corrected chi connectivity index (χ3v) is 4.02. The maximum absolute atomic E-state index is 12.2. The highest BCUT2D eigenvalue weighted by Gasteiger charge is 2.31. The van der Waals surface area contributed by atoms with Crippen molar-refractivity contribution < 1.29 is 23.0 Å². The zero-order chi connectivity index (χ0) is 16.7. The van der Waals surface area contributed by atoms with Gasteiger partial charge < -0.3 is 20.1 Å². The molecule has 2 N–H and O–H groups in total. The molecule has 0 saturated carbocycles. The Balaban J connectivity index is 1.71. The van der Waals surface area contributed by atoms with E-state index in [1.54, 1.807) is 12.1 Å². The van der Waals surface area contributed by atoms with E-state index in [2.05, 4.69) is 15.0 Å². The van der Waals surface area contributed by atoms with Gasteiger partial charge in [-0.05, 0) is 56.1 Å². The standard InChI is InChI=1S/C16H23F3N2O2/c17-16(18,19)23-15-3-1-2-14(10-15)12-20-11-13-4-6-21(7-5-13)8-9-22/h1-3,10,13,20,22H,4-9,11-12H2. The van der Waals surface area contributed by atoms with Gasteiger partial charge in [0.2, 0.25) is 0 Å². The van der Waals surface area contributed by atoms with E-state index in [1.807, 2.05) is 0 Å². The lowest BCUT2D eigenvalue weighted by molar-refractivity contribution is -0.274. The maximum atomic E-state index is 12.2. The smallest absolute Gasteiger partial charge is 0.406 e. The monoisotopic (exact) mass is 332 g/mol. The molecule has 7 heteroatoms. The Morgan fingerprint density at radius 2 is 2.00 bits per heavy atom. The second-order valence-corrected chi connectivity index (χ2v) is 5.83. The van der Waals surface area contributed by atoms with Crippen molar-refractivity contribution in [2.45, 2.75) is 25.7 Å². The first kappa shape index (κ1) is 18.0. The summed E-state index contributed by atoms with van der Waals surface area (Å²) >= 11 is 0. The molecule has 1 fully saturated rings. The summed E-state index contributed by atoms with van der Waals surface area (Å²) in [6, 6.07) is 6.05. The summed E-state index contributed by atoms with van der Waals surface area (Å²) in [5.41, 5.74) is 0.768. The molecule has 1 heterocycles. The summed E-state index contributed by atoms with van der Waals surface area (Å²) in [7, 11) is 0. The second kappa shape index (κ2) is 8.52. The third kappa shape index (κ3) is 6.76. The number of aliphatic hydroxyl groups excluding tert-OH is 1. The zero-order valence-corrected chi connectivity index (χ0v) is 13.0. The lowest BCUT2D eigenvalue weighted by Crippen LogP contribution is -2.38. The van der Waals surface area contributed by atoms with Crippen LogP contribution in [0.3, 0.4) is 0 Å². The van der Waals surface area contributed by atoms with Gasteiger partial charge in [-0.25, -0.2) is 0 Å². The predicted octanol–water partition coefficient (Wildman–Crippen LogP) is 2.38. The van der Waals surface area contributed by atoms with Crippen molar-refractivity contribution in [3.8, 4) is 5.75 Å². The molecule has 1 saturated heterocycles. The number of nitrogens with zero attached hydrogens (tertiary/aromatic N) is 1. The molecule has 4 nitrogen and oxygen atoms in total. The van der Waals surface area contributed by atoms with Crippen LogP contribution >= 0.6 is 0 Å². The number of β-amino-alcohol motifs (C(OH)–C–C–N with tert-alkyl or cyclic N) is 1. The first-order valence-corrected chi connectivity index (χ1v) is 7.85. The number of rotatable bonds is 7. The molecule has 0 bridgehead atoms. The summed E-state index contributed by atoms with van der Waals surface area (Å²) in [4.78, 5) is 2.24. The van der Waals surface area contributed by atoms with Crippen LogP contribution in [0.2, 0.25) is 0 Å². The molecule has 1 aliphatic rings. The first-order valence-electron chi connectivity index (χ1n) is 7.85. The van der Waals surface area contributed by atoms with Gasteiger partial charge in [-0.1, -0.05) is 12.1 Å². The fourth-order valence-electron chi connectivity index (χ4n) is 2.83. The third-order valence-electron chi connectivity index (χ3n) is 4.02. The summed E-state index contributed by atoms with van der Waals surface area (Å²) in [6.07, 6.45) is -2.51. The molecule has 0 spiro atoms. The number of halogens is 3. The van der Waals surface area contributed by atoms with E-state index < -0.39 is 6.36 Å². The highest BCUT2D eigenvalue weighted by atomic mass is 19.4. The maximum Gasteiger partial charge on any atom is 0.573 e. The van der Waals surface area contributed by atoms with Gasteiger partial charge in [0, 0.05) is 13.1 Å². The van der Waals surface area contributed by atoms with E-state index in [-0.39, 0.29) is 12.4 Å². The number of nitrogens with one attached hydrogen (secondary N) is 1. The van der Waals surface area contributed by atoms with Crippen LogP contribution < -0.4 is 10.1 Å². The quantitative estimate of drug-likeness (QED) is 0.805. The Morgan fingerprint density at radius 1 is 1.26 bits per heavy atom. The summed E-state index contributed by atoms with van der Waals surface area (Å²) in [5, 5.41) is 12.2. The van der Waals surface area contributed by atoms with Gasteiger partial charge in [-0.3, -0.25) is 0 Å². The van der Waals surface area contributed by atoms with E-state index in [4.69, 9.17) is 5.11 Å². The minimum Gasteiger partial charge on any atom is -0.406 e. The Bertz CT molecular complexity index is 475. The van der Waals surface area contributed by atoms with Gasteiger partial charge >= 0.3 is 6.36 Å². The number of likely N-dealkylation sites (tertiary alicyclic amines) is 1. The SMILES string of the molecule is OCCN1CCC(CNCc2cccc(OC(F)(F)F)c2)CC1. The molecule has 1 aliphatic heterocycles. The minimum absolute atomic E-state index is 0.186.